The minimum atomic E-state index is 0. The lowest BCUT2D eigenvalue weighted by molar-refractivity contribution is 0.717. The summed E-state index contributed by atoms with van der Waals surface area (Å²) in [6.45, 7) is 5.92. The maximum absolute atomic E-state index is 6.12. The molecule has 0 aliphatic carbocycles. The molecule has 0 heterocycles. The quantitative estimate of drug-likeness (QED) is 0.800. The number of hydrogen-bond acceptors (Lipinski definition) is 1. The van der Waals surface area contributed by atoms with Gasteiger partial charge in [-0.15, -0.1) is 19.0 Å². The number of rotatable bonds is 4. The maximum atomic E-state index is 6.12. The molecule has 0 saturated heterocycles. The van der Waals surface area contributed by atoms with E-state index in [-0.39, 0.29) is 18.4 Å². The first kappa shape index (κ1) is 15.5. The molecule has 0 aliphatic heterocycles. The van der Waals surface area contributed by atoms with Gasteiger partial charge in [0.2, 0.25) is 0 Å². The molecule has 1 nitrogen and oxygen atoms in total. The maximum Gasteiger partial charge on any atom is 0.0332 e. The van der Waals surface area contributed by atoms with Crippen molar-refractivity contribution < 1.29 is 0 Å². The van der Waals surface area contributed by atoms with Crippen molar-refractivity contribution >= 4 is 12.4 Å². The molecule has 2 aromatic rings. The number of benzene rings is 2. The molecule has 0 bridgehead atoms. The Bertz CT molecular complexity index is 517. The lowest BCUT2D eigenvalue weighted by Crippen LogP contribution is -2.10. The molecule has 100 valence electrons. The molecule has 0 aromatic heterocycles. The molecule has 19 heavy (non-hydrogen) atoms. The standard InChI is InChI=1S/C17H19N.ClH/c1-13(2)12-17(18)16-10-8-15(9-11-16)14-6-4-3-5-7-14;/h3-11,17H,1,12,18H2,2H3;1H/t17-;/m0./s1. The van der Waals surface area contributed by atoms with Crippen LogP contribution >= 0.6 is 12.4 Å². The predicted molar refractivity (Wildman–Crippen MR) is 85.5 cm³/mol. The fourth-order valence-corrected chi connectivity index (χ4v) is 2.05. The number of nitrogens with two attached hydrogens (primary N) is 1. The van der Waals surface area contributed by atoms with Crippen LogP contribution < -0.4 is 5.73 Å². The summed E-state index contributed by atoms with van der Waals surface area (Å²) in [6, 6.07) is 18.9. The second-order valence-electron chi connectivity index (χ2n) is 4.76. The van der Waals surface area contributed by atoms with Crippen LogP contribution in [0, 0.1) is 0 Å². The van der Waals surface area contributed by atoms with Crippen LogP contribution in [0.1, 0.15) is 24.9 Å². The van der Waals surface area contributed by atoms with Gasteiger partial charge in [-0.25, -0.2) is 0 Å². The van der Waals surface area contributed by atoms with Crippen LogP contribution in [-0.4, -0.2) is 0 Å². The Balaban J connectivity index is 0.00000180. The molecule has 2 rings (SSSR count). The zero-order chi connectivity index (χ0) is 13.0. The summed E-state index contributed by atoms with van der Waals surface area (Å²) in [6.07, 6.45) is 0.838. The molecule has 0 unspecified atom stereocenters. The minimum absolute atomic E-state index is 0. The van der Waals surface area contributed by atoms with Gasteiger partial charge in [0.15, 0.2) is 0 Å². The van der Waals surface area contributed by atoms with Gasteiger partial charge in [-0.2, -0.15) is 0 Å². The van der Waals surface area contributed by atoms with Gasteiger partial charge < -0.3 is 5.73 Å². The van der Waals surface area contributed by atoms with E-state index in [4.69, 9.17) is 5.73 Å². The van der Waals surface area contributed by atoms with E-state index in [1.807, 2.05) is 13.0 Å². The Kier molecular flexibility index (Phi) is 5.81. The second-order valence-corrected chi connectivity index (χ2v) is 4.76. The van der Waals surface area contributed by atoms with Crippen molar-refractivity contribution in [2.24, 2.45) is 5.73 Å². The third-order valence-electron chi connectivity index (χ3n) is 3.01. The Labute approximate surface area is 121 Å². The van der Waals surface area contributed by atoms with E-state index >= 15 is 0 Å². The average molecular weight is 274 g/mol. The molecular formula is C17H20ClN. The Hall–Kier alpha value is -1.57. The Morgan fingerprint density at radius 2 is 1.53 bits per heavy atom. The first-order chi connectivity index (χ1) is 8.66. The summed E-state index contributed by atoms with van der Waals surface area (Å²) < 4.78 is 0. The molecule has 0 amide bonds. The third-order valence-corrected chi connectivity index (χ3v) is 3.01. The van der Waals surface area contributed by atoms with Gasteiger partial charge in [0.05, 0.1) is 0 Å². The van der Waals surface area contributed by atoms with E-state index in [1.54, 1.807) is 0 Å². The van der Waals surface area contributed by atoms with Crippen molar-refractivity contribution in [3.63, 3.8) is 0 Å². The third kappa shape index (κ3) is 4.23. The fourth-order valence-electron chi connectivity index (χ4n) is 2.05. The summed E-state index contributed by atoms with van der Waals surface area (Å²) in [4.78, 5) is 0. The van der Waals surface area contributed by atoms with Crippen LogP contribution in [0.25, 0.3) is 11.1 Å². The van der Waals surface area contributed by atoms with Gasteiger partial charge in [0, 0.05) is 6.04 Å². The zero-order valence-electron chi connectivity index (χ0n) is 11.2. The summed E-state index contributed by atoms with van der Waals surface area (Å²) in [5.74, 6) is 0. The van der Waals surface area contributed by atoms with Crippen LogP contribution in [-0.2, 0) is 0 Å². The van der Waals surface area contributed by atoms with Crippen LogP contribution in [0.15, 0.2) is 66.7 Å². The molecule has 1 atom stereocenters. The molecule has 0 saturated carbocycles. The van der Waals surface area contributed by atoms with Crippen molar-refractivity contribution in [2.75, 3.05) is 0 Å². The van der Waals surface area contributed by atoms with E-state index in [2.05, 4.69) is 55.1 Å². The van der Waals surface area contributed by atoms with E-state index < -0.39 is 0 Å². The normalized spacial score (nSPS) is 11.5. The smallest absolute Gasteiger partial charge is 0.0332 e. The van der Waals surface area contributed by atoms with Crippen LogP contribution in [0.3, 0.4) is 0 Å². The molecule has 0 spiro atoms. The highest BCUT2D eigenvalue weighted by molar-refractivity contribution is 5.85. The van der Waals surface area contributed by atoms with Crippen molar-refractivity contribution in [3.8, 4) is 11.1 Å². The molecule has 2 N–H and O–H groups in total. The first-order valence-electron chi connectivity index (χ1n) is 6.22. The first-order valence-corrected chi connectivity index (χ1v) is 6.22. The van der Waals surface area contributed by atoms with Crippen molar-refractivity contribution in [1.82, 2.24) is 0 Å². The van der Waals surface area contributed by atoms with Crippen LogP contribution in [0.2, 0.25) is 0 Å². The summed E-state index contributed by atoms with van der Waals surface area (Å²) in [7, 11) is 0. The molecule has 0 radical (unpaired) electrons. The molecule has 0 fully saturated rings. The lowest BCUT2D eigenvalue weighted by atomic mass is 9.98. The largest absolute Gasteiger partial charge is 0.324 e. The summed E-state index contributed by atoms with van der Waals surface area (Å²) in [5, 5.41) is 0. The SMILES string of the molecule is C=C(C)C[C@H](N)c1ccc(-c2ccccc2)cc1.Cl. The van der Waals surface area contributed by atoms with Crippen molar-refractivity contribution in [1.29, 1.82) is 0 Å². The number of hydrogen-bond donors (Lipinski definition) is 1. The molecular weight excluding hydrogens is 254 g/mol. The Morgan fingerprint density at radius 3 is 2.05 bits per heavy atom. The zero-order valence-corrected chi connectivity index (χ0v) is 12.0. The van der Waals surface area contributed by atoms with Crippen LogP contribution in [0.5, 0.6) is 0 Å². The fraction of sp³-hybridized carbons (Fsp3) is 0.176. The van der Waals surface area contributed by atoms with Crippen molar-refractivity contribution in [2.45, 2.75) is 19.4 Å². The highest BCUT2D eigenvalue weighted by Crippen LogP contribution is 2.23. The van der Waals surface area contributed by atoms with E-state index in [1.165, 1.54) is 11.1 Å². The minimum Gasteiger partial charge on any atom is -0.324 e. The van der Waals surface area contributed by atoms with E-state index in [9.17, 15) is 0 Å². The van der Waals surface area contributed by atoms with Gasteiger partial charge in [0.25, 0.3) is 0 Å². The molecule has 2 heteroatoms. The van der Waals surface area contributed by atoms with Gasteiger partial charge in [-0.1, -0.05) is 60.2 Å². The number of halogens is 1. The Morgan fingerprint density at radius 1 is 1.00 bits per heavy atom. The highest BCUT2D eigenvalue weighted by Gasteiger charge is 2.06. The van der Waals surface area contributed by atoms with Gasteiger partial charge in [-0.3, -0.25) is 0 Å². The van der Waals surface area contributed by atoms with Crippen LogP contribution in [0.4, 0.5) is 0 Å². The lowest BCUT2D eigenvalue weighted by Gasteiger charge is -2.12. The van der Waals surface area contributed by atoms with E-state index in [0.29, 0.717) is 0 Å². The molecule has 0 aliphatic rings. The van der Waals surface area contributed by atoms with Gasteiger partial charge in [-0.05, 0) is 30.0 Å². The topological polar surface area (TPSA) is 26.0 Å². The molecule has 2 aromatic carbocycles. The van der Waals surface area contributed by atoms with Crippen molar-refractivity contribution in [3.05, 3.63) is 72.3 Å². The average Bonchev–Trinajstić information content (AvgIpc) is 2.39. The summed E-state index contributed by atoms with van der Waals surface area (Å²) in [5.41, 5.74) is 10.9. The summed E-state index contributed by atoms with van der Waals surface area (Å²) >= 11 is 0. The highest BCUT2D eigenvalue weighted by atomic mass is 35.5. The second kappa shape index (κ2) is 7.13. The predicted octanol–water partition coefficient (Wildman–Crippen LogP) is 4.74. The van der Waals surface area contributed by atoms with Gasteiger partial charge in [0.1, 0.15) is 0 Å². The van der Waals surface area contributed by atoms with E-state index in [0.717, 1.165) is 17.6 Å². The van der Waals surface area contributed by atoms with Gasteiger partial charge >= 0.3 is 0 Å². The monoisotopic (exact) mass is 273 g/mol.